The fourth-order valence-corrected chi connectivity index (χ4v) is 2.84. The van der Waals surface area contributed by atoms with Crippen LogP contribution in [0, 0.1) is 5.92 Å². The SMILES string of the molecule is CCCNC1CCCC1CCn1cccnc1=O. The van der Waals surface area contributed by atoms with E-state index in [0.717, 1.165) is 19.5 Å². The summed E-state index contributed by atoms with van der Waals surface area (Å²) in [5.41, 5.74) is -0.131. The van der Waals surface area contributed by atoms with Crippen LogP contribution in [0.2, 0.25) is 0 Å². The summed E-state index contributed by atoms with van der Waals surface area (Å²) in [5, 5.41) is 3.63. The minimum absolute atomic E-state index is 0.131. The largest absolute Gasteiger partial charge is 0.347 e. The third-order valence-corrected chi connectivity index (χ3v) is 3.84. The maximum absolute atomic E-state index is 11.5. The first kappa shape index (κ1) is 13.3. The van der Waals surface area contributed by atoms with E-state index in [1.165, 1.54) is 25.7 Å². The summed E-state index contributed by atoms with van der Waals surface area (Å²) in [6.45, 7) is 4.10. The maximum Gasteiger partial charge on any atom is 0.347 e. The van der Waals surface area contributed by atoms with Crippen LogP contribution in [0.3, 0.4) is 0 Å². The van der Waals surface area contributed by atoms with Crippen molar-refractivity contribution in [2.24, 2.45) is 5.92 Å². The van der Waals surface area contributed by atoms with Gasteiger partial charge in [0.05, 0.1) is 0 Å². The third kappa shape index (κ3) is 3.42. The third-order valence-electron chi connectivity index (χ3n) is 3.84. The molecular formula is C14H23N3O. The van der Waals surface area contributed by atoms with E-state index < -0.39 is 0 Å². The fraction of sp³-hybridized carbons (Fsp3) is 0.714. The van der Waals surface area contributed by atoms with Crippen LogP contribution in [0.25, 0.3) is 0 Å². The van der Waals surface area contributed by atoms with Crippen LogP contribution in [-0.2, 0) is 6.54 Å². The number of aromatic nitrogens is 2. The molecule has 0 amide bonds. The smallest absolute Gasteiger partial charge is 0.314 e. The lowest BCUT2D eigenvalue weighted by Crippen LogP contribution is -2.34. The first-order valence-corrected chi connectivity index (χ1v) is 7.06. The van der Waals surface area contributed by atoms with Crippen molar-refractivity contribution in [2.45, 2.75) is 51.6 Å². The van der Waals surface area contributed by atoms with E-state index in [4.69, 9.17) is 0 Å². The molecule has 2 rings (SSSR count). The fourth-order valence-electron chi connectivity index (χ4n) is 2.84. The number of nitrogens with one attached hydrogen (secondary N) is 1. The summed E-state index contributed by atoms with van der Waals surface area (Å²) in [4.78, 5) is 15.3. The molecule has 0 aliphatic heterocycles. The van der Waals surface area contributed by atoms with Gasteiger partial charge in [0.25, 0.3) is 0 Å². The number of aryl methyl sites for hydroxylation is 1. The highest BCUT2D eigenvalue weighted by molar-refractivity contribution is 4.85. The van der Waals surface area contributed by atoms with Crippen molar-refractivity contribution in [3.8, 4) is 0 Å². The molecule has 0 radical (unpaired) electrons. The van der Waals surface area contributed by atoms with E-state index in [2.05, 4.69) is 17.2 Å². The van der Waals surface area contributed by atoms with Gasteiger partial charge in [-0.1, -0.05) is 13.3 Å². The lowest BCUT2D eigenvalue weighted by Gasteiger charge is -2.21. The Labute approximate surface area is 108 Å². The Morgan fingerprint density at radius 1 is 1.50 bits per heavy atom. The normalized spacial score (nSPS) is 23.4. The predicted octanol–water partition coefficient (Wildman–Crippen LogP) is 1.80. The van der Waals surface area contributed by atoms with Crippen LogP contribution in [0.4, 0.5) is 0 Å². The summed E-state index contributed by atoms with van der Waals surface area (Å²) in [5.74, 6) is 0.712. The molecule has 1 N–H and O–H groups in total. The van der Waals surface area contributed by atoms with E-state index in [-0.39, 0.29) is 5.69 Å². The Kier molecular flexibility index (Phi) is 4.93. The zero-order chi connectivity index (χ0) is 12.8. The summed E-state index contributed by atoms with van der Waals surface area (Å²) in [6, 6.07) is 2.47. The number of hydrogen-bond acceptors (Lipinski definition) is 3. The van der Waals surface area contributed by atoms with Gasteiger partial charge in [-0.15, -0.1) is 0 Å². The van der Waals surface area contributed by atoms with Gasteiger partial charge in [0.15, 0.2) is 0 Å². The molecule has 1 saturated carbocycles. The summed E-state index contributed by atoms with van der Waals surface area (Å²) >= 11 is 0. The van der Waals surface area contributed by atoms with Crippen molar-refractivity contribution < 1.29 is 0 Å². The van der Waals surface area contributed by atoms with Gasteiger partial charge in [-0.2, -0.15) is 0 Å². The molecule has 1 fully saturated rings. The zero-order valence-corrected chi connectivity index (χ0v) is 11.1. The topological polar surface area (TPSA) is 46.9 Å². The molecular weight excluding hydrogens is 226 g/mol. The molecule has 4 nitrogen and oxygen atoms in total. The quantitative estimate of drug-likeness (QED) is 0.836. The maximum atomic E-state index is 11.5. The van der Waals surface area contributed by atoms with Gasteiger partial charge in [-0.25, -0.2) is 9.78 Å². The number of hydrogen-bond donors (Lipinski definition) is 1. The molecule has 0 bridgehead atoms. The van der Waals surface area contributed by atoms with Crippen LogP contribution >= 0.6 is 0 Å². The van der Waals surface area contributed by atoms with Crippen molar-refractivity contribution >= 4 is 0 Å². The molecule has 2 unspecified atom stereocenters. The van der Waals surface area contributed by atoms with E-state index in [9.17, 15) is 4.79 Å². The van der Waals surface area contributed by atoms with Gasteiger partial charge in [-0.05, 0) is 44.2 Å². The summed E-state index contributed by atoms with van der Waals surface area (Å²) < 4.78 is 1.72. The highest BCUT2D eigenvalue weighted by Gasteiger charge is 2.26. The average molecular weight is 249 g/mol. The lowest BCUT2D eigenvalue weighted by atomic mass is 9.99. The molecule has 1 heterocycles. The van der Waals surface area contributed by atoms with Gasteiger partial charge >= 0.3 is 5.69 Å². The Balaban J connectivity index is 1.86. The second-order valence-corrected chi connectivity index (χ2v) is 5.14. The highest BCUT2D eigenvalue weighted by atomic mass is 16.1. The van der Waals surface area contributed by atoms with E-state index in [1.54, 1.807) is 10.8 Å². The van der Waals surface area contributed by atoms with Crippen molar-refractivity contribution in [1.82, 2.24) is 14.9 Å². The van der Waals surface area contributed by atoms with Crippen LogP contribution in [-0.4, -0.2) is 22.1 Å². The lowest BCUT2D eigenvalue weighted by molar-refractivity contribution is 0.358. The summed E-state index contributed by atoms with van der Waals surface area (Å²) in [7, 11) is 0. The number of nitrogens with zero attached hydrogens (tertiary/aromatic N) is 2. The molecule has 100 valence electrons. The summed E-state index contributed by atoms with van der Waals surface area (Å²) in [6.07, 6.45) is 9.54. The monoisotopic (exact) mass is 249 g/mol. The first-order valence-electron chi connectivity index (χ1n) is 7.06. The van der Waals surface area contributed by atoms with Crippen LogP contribution in [0.5, 0.6) is 0 Å². The predicted molar refractivity (Wildman–Crippen MR) is 72.5 cm³/mol. The Morgan fingerprint density at radius 2 is 2.39 bits per heavy atom. The molecule has 1 aromatic rings. The van der Waals surface area contributed by atoms with Crippen molar-refractivity contribution in [3.63, 3.8) is 0 Å². The second-order valence-electron chi connectivity index (χ2n) is 5.14. The minimum atomic E-state index is -0.131. The molecule has 18 heavy (non-hydrogen) atoms. The number of rotatable bonds is 6. The molecule has 1 aliphatic carbocycles. The first-order chi connectivity index (χ1) is 8.81. The average Bonchev–Trinajstić information content (AvgIpc) is 2.83. The Morgan fingerprint density at radius 3 is 3.17 bits per heavy atom. The minimum Gasteiger partial charge on any atom is -0.314 e. The van der Waals surface area contributed by atoms with Gasteiger partial charge in [0, 0.05) is 25.0 Å². The van der Waals surface area contributed by atoms with E-state index in [1.807, 2.05) is 12.3 Å². The highest BCUT2D eigenvalue weighted by Crippen LogP contribution is 2.28. The molecule has 1 aromatic heterocycles. The van der Waals surface area contributed by atoms with Crippen LogP contribution in [0.1, 0.15) is 39.0 Å². The molecule has 4 heteroatoms. The van der Waals surface area contributed by atoms with Crippen molar-refractivity contribution in [1.29, 1.82) is 0 Å². The van der Waals surface area contributed by atoms with Crippen LogP contribution < -0.4 is 11.0 Å². The van der Waals surface area contributed by atoms with Gasteiger partial charge in [0.1, 0.15) is 0 Å². The standard InChI is InChI=1S/C14H23N3O/c1-2-8-15-13-6-3-5-12(13)7-11-17-10-4-9-16-14(17)18/h4,9-10,12-13,15H,2-3,5-8,11H2,1H3. The second kappa shape index (κ2) is 6.69. The molecule has 1 aliphatic rings. The van der Waals surface area contributed by atoms with Crippen LogP contribution in [0.15, 0.2) is 23.3 Å². The zero-order valence-electron chi connectivity index (χ0n) is 11.1. The van der Waals surface area contributed by atoms with E-state index in [0.29, 0.717) is 12.0 Å². The molecule has 0 saturated heterocycles. The van der Waals surface area contributed by atoms with Gasteiger partial charge in [-0.3, -0.25) is 4.57 Å². The molecule has 2 atom stereocenters. The molecule has 0 spiro atoms. The van der Waals surface area contributed by atoms with Crippen molar-refractivity contribution in [3.05, 3.63) is 28.9 Å². The Bertz CT molecular complexity index is 416. The van der Waals surface area contributed by atoms with Crippen molar-refractivity contribution in [2.75, 3.05) is 6.54 Å². The van der Waals surface area contributed by atoms with E-state index >= 15 is 0 Å². The van der Waals surface area contributed by atoms with Gasteiger partial charge < -0.3 is 5.32 Å². The molecule has 0 aromatic carbocycles. The Hall–Kier alpha value is -1.16. The van der Waals surface area contributed by atoms with Gasteiger partial charge in [0.2, 0.25) is 0 Å².